The highest BCUT2D eigenvalue weighted by Crippen LogP contribution is 2.46. The molecule has 3 aliphatic rings. The van der Waals surface area contributed by atoms with Crippen molar-refractivity contribution in [2.45, 2.75) is 52.1 Å². The van der Waals surface area contributed by atoms with Gasteiger partial charge in [-0.25, -0.2) is 0 Å². The number of carbonyl (C=O) groups excluding carboxylic acids is 1. The van der Waals surface area contributed by atoms with Gasteiger partial charge in [0.25, 0.3) is 0 Å². The summed E-state index contributed by atoms with van der Waals surface area (Å²) in [7, 11) is 8.51. The van der Waals surface area contributed by atoms with Crippen LogP contribution in [0, 0.1) is 12.8 Å². The van der Waals surface area contributed by atoms with Gasteiger partial charge in [-0.05, 0) is 74.1 Å². The quantitative estimate of drug-likeness (QED) is 0.806. The predicted octanol–water partition coefficient (Wildman–Crippen LogP) is 3.33. The maximum absolute atomic E-state index is 13.0. The molecule has 1 N–H and O–H groups in total. The number of likely N-dealkylation sites (N-methyl/N-ethyl adjacent to an activating group) is 1. The summed E-state index contributed by atoms with van der Waals surface area (Å²) in [5, 5.41) is 10.3. The van der Waals surface area contributed by atoms with Gasteiger partial charge in [-0.15, -0.1) is 5.47 Å². The van der Waals surface area contributed by atoms with Crippen molar-refractivity contribution in [2.75, 3.05) is 20.1 Å². The van der Waals surface area contributed by atoms with Crippen molar-refractivity contribution < 1.29 is 9.90 Å². The van der Waals surface area contributed by atoms with Crippen LogP contribution in [0.4, 0.5) is 0 Å². The van der Waals surface area contributed by atoms with Gasteiger partial charge < -0.3 is 10.0 Å². The van der Waals surface area contributed by atoms with Crippen LogP contribution in [0.2, 0.25) is 0 Å². The number of rotatable bonds is 2. The Hall–Kier alpha value is -2.01. The number of phenolic OH excluding ortho intramolecular Hbond substituents is 1. The van der Waals surface area contributed by atoms with Crippen molar-refractivity contribution in [1.82, 2.24) is 9.80 Å². The van der Waals surface area contributed by atoms with E-state index in [1.807, 2.05) is 17.9 Å². The van der Waals surface area contributed by atoms with Crippen LogP contribution in [-0.2, 0) is 4.79 Å². The number of allylic oxidation sites excluding steroid dienone is 1. The highest BCUT2D eigenvalue weighted by atomic mass is 16.3. The lowest BCUT2D eigenvalue weighted by Crippen LogP contribution is -2.54. The first-order valence-electron chi connectivity index (χ1n) is 10.4. The largest absolute Gasteiger partial charge is 0.508 e. The highest BCUT2D eigenvalue weighted by molar-refractivity contribution is 6.25. The average molecular weight is 376 g/mol. The van der Waals surface area contributed by atoms with Gasteiger partial charge in [0, 0.05) is 25.2 Å². The van der Waals surface area contributed by atoms with Crippen molar-refractivity contribution >= 4 is 24.9 Å². The first-order valence-corrected chi connectivity index (χ1v) is 10.4. The van der Waals surface area contributed by atoms with Crippen LogP contribution in [0.25, 0.3) is 11.1 Å². The van der Waals surface area contributed by atoms with Gasteiger partial charge in [-0.2, -0.15) is 0 Å². The molecule has 3 atom stereocenters. The summed E-state index contributed by atoms with van der Waals surface area (Å²) in [6.07, 6.45) is 4.89. The summed E-state index contributed by atoms with van der Waals surface area (Å²) in [5.41, 5.74) is 6.26. The molecule has 1 aromatic carbocycles. The Morgan fingerprint density at radius 3 is 2.71 bits per heavy atom. The lowest BCUT2D eigenvalue weighted by molar-refractivity contribution is -0.141. The van der Waals surface area contributed by atoms with E-state index in [1.54, 1.807) is 6.07 Å². The van der Waals surface area contributed by atoms with Gasteiger partial charge >= 0.3 is 0 Å². The number of carbonyl (C=O) groups is 1. The van der Waals surface area contributed by atoms with Crippen LogP contribution in [0.15, 0.2) is 23.7 Å². The van der Waals surface area contributed by atoms with Gasteiger partial charge in [-0.3, -0.25) is 9.69 Å². The van der Waals surface area contributed by atoms with Gasteiger partial charge in [-0.1, -0.05) is 19.1 Å². The summed E-state index contributed by atoms with van der Waals surface area (Å²) >= 11 is 0. The third-order valence-corrected chi connectivity index (χ3v) is 6.89. The van der Waals surface area contributed by atoms with Crippen LogP contribution in [-0.4, -0.2) is 60.9 Å². The molecule has 1 amide bonds. The van der Waals surface area contributed by atoms with Crippen LogP contribution >= 0.6 is 0 Å². The second-order valence-corrected chi connectivity index (χ2v) is 8.55. The normalized spacial score (nSPS) is 28.8. The molecule has 0 bridgehead atoms. The third kappa shape index (κ3) is 2.91. The molecule has 0 aromatic heterocycles. The van der Waals surface area contributed by atoms with Gasteiger partial charge in [0.1, 0.15) is 13.6 Å². The molecule has 3 unspecified atom stereocenters. The zero-order chi connectivity index (χ0) is 20.2. The maximum Gasteiger partial charge on any atom is 0.231 e. The van der Waals surface area contributed by atoms with E-state index < -0.39 is 0 Å². The molecule has 28 heavy (non-hydrogen) atoms. The fourth-order valence-corrected chi connectivity index (χ4v) is 4.93. The van der Waals surface area contributed by atoms with Gasteiger partial charge in [0.2, 0.25) is 5.91 Å². The van der Waals surface area contributed by atoms with Crippen molar-refractivity contribution in [3.8, 4) is 5.75 Å². The molecule has 1 fully saturated rings. The molecule has 2 radical (unpaired) electrons. The Bertz CT molecular complexity index is 889. The number of benzene rings is 1. The molecular formula is C23H29BN2O2. The molecule has 4 rings (SSSR count). The molecule has 2 aliphatic heterocycles. The smallest absolute Gasteiger partial charge is 0.231 e. The molecule has 1 aliphatic carbocycles. The lowest BCUT2D eigenvalue weighted by atomic mass is 9.71. The number of likely N-dealkylation sites (tertiary alicyclic amines) is 1. The summed E-state index contributed by atoms with van der Waals surface area (Å²) in [6.45, 7) is 7.75. The Morgan fingerprint density at radius 2 is 2.11 bits per heavy atom. The van der Waals surface area contributed by atoms with Crippen LogP contribution < -0.4 is 0 Å². The number of fused-ring (bicyclic) bond motifs is 3. The first-order chi connectivity index (χ1) is 13.3. The summed E-state index contributed by atoms with van der Waals surface area (Å²) in [4.78, 5) is 17.4. The lowest BCUT2D eigenvalue weighted by Gasteiger charge is -2.45. The number of nitrogens with zero attached hydrogens (tertiary/aromatic N) is 2. The minimum absolute atomic E-state index is 0.116. The molecule has 1 saturated heterocycles. The van der Waals surface area contributed by atoms with Crippen LogP contribution in [0.1, 0.15) is 49.8 Å². The molecule has 1 aromatic rings. The Labute approximate surface area is 169 Å². The van der Waals surface area contributed by atoms with Crippen molar-refractivity contribution in [1.29, 1.82) is 0 Å². The summed E-state index contributed by atoms with van der Waals surface area (Å²) in [5.74, 6) is 0.420. The van der Waals surface area contributed by atoms with E-state index >= 15 is 0 Å². The minimum atomic E-state index is -0.116. The zero-order valence-electron chi connectivity index (χ0n) is 17.3. The molecular weight excluding hydrogens is 347 g/mol. The fraction of sp³-hybridized carbons (Fsp3) is 0.522. The van der Waals surface area contributed by atoms with E-state index in [2.05, 4.69) is 31.9 Å². The predicted molar refractivity (Wildman–Crippen MR) is 114 cm³/mol. The molecule has 2 heterocycles. The second-order valence-electron chi connectivity index (χ2n) is 8.55. The Morgan fingerprint density at radius 1 is 1.36 bits per heavy atom. The zero-order valence-corrected chi connectivity index (χ0v) is 17.3. The van der Waals surface area contributed by atoms with E-state index in [9.17, 15) is 9.90 Å². The standard InChI is InChI=1S/C23H29BN2O2/c1-5-19(24)18-11-20-17(16-6-7-21(27)14(3)22(16)18)10-15(12-25(20)4)23(28)26-9-8-13(26)2/h6-7,10,13,15,20,27H,5,8-9,11-12H2,1-4H3/b19-18+. The van der Waals surface area contributed by atoms with Gasteiger partial charge in [0.15, 0.2) is 0 Å². The molecule has 0 spiro atoms. The maximum atomic E-state index is 13.0. The molecule has 0 saturated carbocycles. The third-order valence-electron chi connectivity index (χ3n) is 6.89. The topological polar surface area (TPSA) is 43.8 Å². The first kappa shape index (κ1) is 19.3. The minimum Gasteiger partial charge on any atom is -0.508 e. The Balaban J connectivity index is 1.83. The van der Waals surface area contributed by atoms with Crippen molar-refractivity contribution in [3.63, 3.8) is 0 Å². The van der Waals surface area contributed by atoms with Crippen LogP contribution in [0.3, 0.4) is 0 Å². The molecule has 146 valence electrons. The Kier molecular flexibility index (Phi) is 4.90. The summed E-state index contributed by atoms with van der Waals surface area (Å²) < 4.78 is 0. The highest BCUT2D eigenvalue weighted by Gasteiger charge is 2.40. The van der Waals surface area contributed by atoms with E-state index in [0.717, 1.165) is 60.1 Å². The number of hydrogen-bond acceptors (Lipinski definition) is 3. The second kappa shape index (κ2) is 7.11. The monoisotopic (exact) mass is 376 g/mol. The number of hydrogen-bond donors (Lipinski definition) is 1. The molecule has 4 nitrogen and oxygen atoms in total. The fourth-order valence-electron chi connectivity index (χ4n) is 4.93. The van der Waals surface area contributed by atoms with E-state index in [1.165, 1.54) is 5.57 Å². The number of amides is 1. The van der Waals surface area contributed by atoms with Crippen molar-refractivity contribution in [2.24, 2.45) is 5.92 Å². The SMILES string of the molecule is [B]/C(CC)=C1\CC2C(=CC(C(=O)N3CCC3C)CN2C)c2ccc(O)c(C)c21. The summed E-state index contributed by atoms with van der Waals surface area (Å²) in [6, 6.07) is 4.33. The van der Waals surface area contributed by atoms with E-state index in [-0.39, 0.29) is 17.9 Å². The van der Waals surface area contributed by atoms with Gasteiger partial charge in [0.05, 0.1) is 5.92 Å². The average Bonchev–Trinajstić information content (AvgIpc) is 2.68. The van der Waals surface area contributed by atoms with Crippen molar-refractivity contribution in [3.05, 3.63) is 40.4 Å². The number of aromatic hydroxyl groups is 1. The van der Waals surface area contributed by atoms with E-state index in [4.69, 9.17) is 7.85 Å². The molecule has 5 heteroatoms. The van der Waals surface area contributed by atoms with Crippen LogP contribution in [0.5, 0.6) is 5.75 Å². The number of phenols is 1. The van der Waals surface area contributed by atoms with E-state index in [0.29, 0.717) is 11.8 Å².